The lowest BCUT2D eigenvalue weighted by atomic mass is 10.0. The fourth-order valence-electron chi connectivity index (χ4n) is 1.92. The number of nitrogens with one attached hydrogen (secondary N) is 2. The Labute approximate surface area is 122 Å². The van der Waals surface area contributed by atoms with Gasteiger partial charge in [-0.15, -0.1) is 0 Å². The maximum atomic E-state index is 12.5. The first-order valence-electron chi connectivity index (χ1n) is 6.85. The Morgan fingerprint density at radius 1 is 1.05 bits per heavy atom. The van der Waals surface area contributed by atoms with Gasteiger partial charge in [0.2, 0.25) is 5.91 Å². The molecule has 0 aromatic heterocycles. The maximum Gasteiger partial charge on any atom is 0.416 e. The SMILES string of the molecule is CC(C)NC(=O)C(C)NC(C)c1ccc(C(F)(F)F)cc1. The zero-order valence-corrected chi connectivity index (χ0v) is 12.6. The van der Waals surface area contributed by atoms with E-state index in [1.54, 1.807) is 6.92 Å². The molecule has 0 aliphatic heterocycles. The van der Waals surface area contributed by atoms with Crippen molar-refractivity contribution >= 4 is 5.91 Å². The summed E-state index contributed by atoms with van der Waals surface area (Å²) in [6.45, 7) is 7.26. The first kappa shape index (κ1) is 17.5. The molecule has 0 saturated heterocycles. The summed E-state index contributed by atoms with van der Waals surface area (Å²) in [5.41, 5.74) is 0.0243. The third-order valence-corrected chi connectivity index (χ3v) is 3.06. The molecule has 0 spiro atoms. The highest BCUT2D eigenvalue weighted by Crippen LogP contribution is 2.29. The van der Waals surface area contributed by atoms with Gasteiger partial charge in [0.15, 0.2) is 0 Å². The van der Waals surface area contributed by atoms with Crippen LogP contribution in [0, 0.1) is 0 Å². The van der Waals surface area contributed by atoms with Crippen LogP contribution < -0.4 is 10.6 Å². The molecular weight excluding hydrogens is 281 g/mol. The molecule has 118 valence electrons. The molecule has 1 rings (SSSR count). The smallest absolute Gasteiger partial charge is 0.353 e. The van der Waals surface area contributed by atoms with Crippen LogP contribution in [0.2, 0.25) is 0 Å². The van der Waals surface area contributed by atoms with E-state index in [1.807, 2.05) is 20.8 Å². The van der Waals surface area contributed by atoms with Crippen LogP contribution in [-0.2, 0) is 11.0 Å². The van der Waals surface area contributed by atoms with Gasteiger partial charge in [-0.3, -0.25) is 10.1 Å². The molecule has 0 fully saturated rings. The van der Waals surface area contributed by atoms with E-state index in [9.17, 15) is 18.0 Å². The number of alkyl halides is 3. The van der Waals surface area contributed by atoms with E-state index < -0.39 is 17.8 Å². The van der Waals surface area contributed by atoms with E-state index in [-0.39, 0.29) is 18.0 Å². The van der Waals surface area contributed by atoms with Gasteiger partial charge in [0.05, 0.1) is 11.6 Å². The predicted octanol–water partition coefficient (Wildman–Crippen LogP) is 3.27. The molecular formula is C15H21F3N2O. The van der Waals surface area contributed by atoms with Gasteiger partial charge in [-0.05, 0) is 45.4 Å². The number of hydrogen-bond acceptors (Lipinski definition) is 2. The number of carbonyl (C=O) groups excluding carboxylic acids is 1. The quantitative estimate of drug-likeness (QED) is 0.876. The van der Waals surface area contributed by atoms with Crippen LogP contribution in [0.5, 0.6) is 0 Å². The van der Waals surface area contributed by atoms with Gasteiger partial charge in [0.1, 0.15) is 0 Å². The number of hydrogen-bond donors (Lipinski definition) is 2. The van der Waals surface area contributed by atoms with Crippen molar-refractivity contribution in [3.8, 4) is 0 Å². The van der Waals surface area contributed by atoms with Crippen molar-refractivity contribution in [2.24, 2.45) is 0 Å². The molecule has 0 radical (unpaired) electrons. The second kappa shape index (κ2) is 6.93. The number of rotatable bonds is 5. The minimum Gasteiger partial charge on any atom is -0.353 e. The van der Waals surface area contributed by atoms with Gasteiger partial charge in [-0.25, -0.2) is 0 Å². The highest BCUT2D eigenvalue weighted by Gasteiger charge is 2.30. The van der Waals surface area contributed by atoms with Crippen LogP contribution in [-0.4, -0.2) is 18.0 Å². The molecule has 21 heavy (non-hydrogen) atoms. The van der Waals surface area contributed by atoms with E-state index in [0.717, 1.165) is 12.1 Å². The number of amides is 1. The van der Waals surface area contributed by atoms with E-state index in [4.69, 9.17) is 0 Å². The first-order valence-corrected chi connectivity index (χ1v) is 6.85. The summed E-state index contributed by atoms with van der Waals surface area (Å²) in [4.78, 5) is 11.8. The Morgan fingerprint density at radius 2 is 1.57 bits per heavy atom. The number of halogens is 3. The van der Waals surface area contributed by atoms with Crippen LogP contribution in [0.15, 0.2) is 24.3 Å². The summed E-state index contributed by atoms with van der Waals surface area (Å²) in [6.07, 6.45) is -4.33. The molecule has 0 heterocycles. The molecule has 2 N–H and O–H groups in total. The van der Waals surface area contributed by atoms with Crippen LogP contribution >= 0.6 is 0 Å². The monoisotopic (exact) mass is 302 g/mol. The maximum absolute atomic E-state index is 12.5. The second-order valence-corrected chi connectivity index (χ2v) is 5.39. The van der Waals surface area contributed by atoms with Crippen molar-refractivity contribution in [2.75, 3.05) is 0 Å². The molecule has 3 nitrogen and oxygen atoms in total. The Hall–Kier alpha value is -1.56. The van der Waals surface area contributed by atoms with Gasteiger partial charge >= 0.3 is 6.18 Å². The van der Waals surface area contributed by atoms with Crippen molar-refractivity contribution in [3.63, 3.8) is 0 Å². The summed E-state index contributed by atoms with van der Waals surface area (Å²) < 4.78 is 37.5. The summed E-state index contributed by atoms with van der Waals surface area (Å²) in [7, 11) is 0. The van der Waals surface area contributed by atoms with Gasteiger partial charge in [0, 0.05) is 12.1 Å². The fourth-order valence-corrected chi connectivity index (χ4v) is 1.92. The second-order valence-electron chi connectivity index (χ2n) is 5.39. The van der Waals surface area contributed by atoms with Gasteiger partial charge < -0.3 is 5.32 Å². The third-order valence-electron chi connectivity index (χ3n) is 3.06. The lowest BCUT2D eigenvalue weighted by Crippen LogP contribution is -2.45. The van der Waals surface area contributed by atoms with Crippen LogP contribution in [0.1, 0.15) is 44.9 Å². The highest BCUT2D eigenvalue weighted by atomic mass is 19.4. The number of carbonyl (C=O) groups is 1. The van der Waals surface area contributed by atoms with Gasteiger partial charge in [-0.1, -0.05) is 12.1 Å². The standard InChI is InChI=1S/C15H21F3N2O/c1-9(2)19-14(21)11(4)20-10(3)12-5-7-13(8-6-12)15(16,17)18/h5-11,20H,1-4H3,(H,19,21). The van der Waals surface area contributed by atoms with Gasteiger partial charge in [-0.2, -0.15) is 13.2 Å². The van der Waals surface area contributed by atoms with E-state index in [1.165, 1.54) is 12.1 Å². The molecule has 0 aliphatic carbocycles. The summed E-state index contributed by atoms with van der Waals surface area (Å²) in [5.74, 6) is -0.135. The Morgan fingerprint density at radius 3 is 2.00 bits per heavy atom. The molecule has 1 aromatic rings. The van der Waals surface area contributed by atoms with E-state index in [2.05, 4.69) is 10.6 Å². The third kappa shape index (κ3) is 5.38. The normalized spacial score (nSPS) is 14.9. The first-order chi connectivity index (χ1) is 9.61. The average molecular weight is 302 g/mol. The van der Waals surface area contributed by atoms with Crippen molar-refractivity contribution < 1.29 is 18.0 Å². The molecule has 1 aromatic carbocycles. The van der Waals surface area contributed by atoms with Crippen molar-refractivity contribution in [1.29, 1.82) is 0 Å². The molecule has 6 heteroatoms. The Bertz CT molecular complexity index is 469. The summed E-state index contributed by atoms with van der Waals surface area (Å²) in [5, 5.41) is 5.84. The molecule has 1 amide bonds. The van der Waals surface area contributed by atoms with Crippen molar-refractivity contribution in [2.45, 2.75) is 52.0 Å². The minimum atomic E-state index is -4.33. The van der Waals surface area contributed by atoms with Gasteiger partial charge in [0.25, 0.3) is 0 Å². The zero-order valence-electron chi connectivity index (χ0n) is 12.6. The predicted molar refractivity (Wildman–Crippen MR) is 75.7 cm³/mol. The minimum absolute atomic E-state index is 0.0446. The molecule has 2 unspecified atom stereocenters. The van der Waals surface area contributed by atoms with Crippen LogP contribution in [0.4, 0.5) is 13.2 Å². The Kier molecular flexibility index (Phi) is 5.78. The fraction of sp³-hybridized carbons (Fsp3) is 0.533. The molecule has 0 saturated carbocycles. The van der Waals surface area contributed by atoms with E-state index >= 15 is 0 Å². The van der Waals surface area contributed by atoms with Crippen molar-refractivity contribution in [1.82, 2.24) is 10.6 Å². The average Bonchev–Trinajstić information content (AvgIpc) is 2.36. The summed E-state index contributed by atoms with van der Waals surface area (Å²) >= 11 is 0. The Balaban J connectivity index is 2.67. The zero-order chi connectivity index (χ0) is 16.2. The van der Waals surface area contributed by atoms with Crippen molar-refractivity contribution in [3.05, 3.63) is 35.4 Å². The summed E-state index contributed by atoms with van der Waals surface area (Å²) in [6, 6.07) is 4.34. The topological polar surface area (TPSA) is 41.1 Å². The lowest BCUT2D eigenvalue weighted by molar-refractivity contribution is -0.137. The number of benzene rings is 1. The largest absolute Gasteiger partial charge is 0.416 e. The molecule has 2 atom stereocenters. The van der Waals surface area contributed by atoms with E-state index in [0.29, 0.717) is 5.56 Å². The molecule has 0 bridgehead atoms. The van der Waals surface area contributed by atoms with Crippen LogP contribution in [0.25, 0.3) is 0 Å². The lowest BCUT2D eigenvalue weighted by Gasteiger charge is -2.21. The highest BCUT2D eigenvalue weighted by molar-refractivity contribution is 5.81. The van der Waals surface area contributed by atoms with Crippen LogP contribution in [0.3, 0.4) is 0 Å². The molecule has 0 aliphatic rings.